The average Bonchev–Trinajstić information content (AvgIpc) is 3.19. The van der Waals surface area contributed by atoms with Crippen molar-refractivity contribution in [1.29, 1.82) is 0 Å². The standard InChI is InChI=1S/C20H25NO3S2/c1-15-9-11-16(12-10-15)18(26(23,24)19-8-5-13-25-19)14-21-20(22)17-6-3-2-4-7-17/h5,8-13,17-18H,2-4,6-7,14H2,1H3,(H,21,22)/t18-/m0/s1. The predicted octanol–water partition coefficient (Wildman–Crippen LogP) is 4.27. The highest BCUT2D eigenvalue weighted by Crippen LogP contribution is 2.32. The molecule has 0 spiro atoms. The lowest BCUT2D eigenvalue weighted by Crippen LogP contribution is -2.36. The minimum atomic E-state index is -3.55. The average molecular weight is 392 g/mol. The van der Waals surface area contributed by atoms with E-state index in [1.807, 2.05) is 31.2 Å². The first-order valence-corrected chi connectivity index (χ1v) is 11.5. The Kier molecular flexibility index (Phi) is 6.14. The summed E-state index contributed by atoms with van der Waals surface area (Å²) in [5.74, 6) is 0.00931. The highest BCUT2D eigenvalue weighted by Gasteiger charge is 2.31. The molecule has 1 aliphatic carbocycles. The van der Waals surface area contributed by atoms with E-state index in [1.165, 1.54) is 17.8 Å². The van der Waals surface area contributed by atoms with Gasteiger partial charge in [-0.05, 0) is 36.8 Å². The third kappa shape index (κ3) is 4.35. The van der Waals surface area contributed by atoms with Crippen LogP contribution in [0.15, 0.2) is 46.0 Å². The molecule has 1 fully saturated rings. The third-order valence-corrected chi connectivity index (χ3v) is 8.57. The summed E-state index contributed by atoms with van der Waals surface area (Å²) in [4.78, 5) is 12.5. The van der Waals surface area contributed by atoms with Crippen molar-refractivity contribution in [2.24, 2.45) is 5.92 Å². The first-order chi connectivity index (χ1) is 12.5. The van der Waals surface area contributed by atoms with E-state index >= 15 is 0 Å². The first kappa shape index (κ1) is 19.1. The zero-order valence-corrected chi connectivity index (χ0v) is 16.6. The zero-order chi connectivity index (χ0) is 18.6. The molecule has 1 amide bonds. The molecule has 0 saturated heterocycles. The molecule has 4 nitrogen and oxygen atoms in total. The first-order valence-electron chi connectivity index (χ1n) is 9.10. The quantitative estimate of drug-likeness (QED) is 0.800. The molecule has 1 N–H and O–H groups in total. The summed E-state index contributed by atoms with van der Waals surface area (Å²) in [5, 5.41) is 3.91. The van der Waals surface area contributed by atoms with Crippen molar-refractivity contribution in [1.82, 2.24) is 5.32 Å². The molecule has 1 heterocycles. The summed E-state index contributed by atoms with van der Waals surface area (Å²) in [7, 11) is -3.55. The van der Waals surface area contributed by atoms with Gasteiger partial charge in [-0.1, -0.05) is 55.2 Å². The van der Waals surface area contributed by atoms with Gasteiger partial charge in [-0.15, -0.1) is 11.3 Å². The normalized spacial score (nSPS) is 17.0. The van der Waals surface area contributed by atoms with E-state index in [0.717, 1.165) is 31.2 Å². The van der Waals surface area contributed by atoms with Gasteiger partial charge in [-0.3, -0.25) is 4.79 Å². The number of benzene rings is 1. The van der Waals surface area contributed by atoms with Crippen LogP contribution in [0.3, 0.4) is 0 Å². The Balaban J connectivity index is 1.81. The van der Waals surface area contributed by atoms with E-state index in [0.29, 0.717) is 9.77 Å². The van der Waals surface area contributed by atoms with Crippen LogP contribution >= 0.6 is 11.3 Å². The predicted molar refractivity (Wildman–Crippen MR) is 105 cm³/mol. The Morgan fingerprint density at radius 2 is 1.85 bits per heavy atom. The smallest absolute Gasteiger partial charge is 0.223 e. The Hall–Kier alpha value is -1.66. The van der Waals surface area contributed by atoms with Crippen molar-refractivity contribution in [2.45, 2.75) is 48.5 Å². The molecular weight excluding hydrogens is 366 g/mol. The van der Waals surface area contributed by atoms with Crippen LogP contribution in [0.2, 0.25) is 0 Å². The lowest BCUT2D eigenvalue weighted by molar-refractivity contribution is -0.125. The molecule has 26 heavy (non-hydrogen) atoms. The number of nitrogens with one attached hydrogen (secondary N) is 1. The number of rotatable bonds is 6. The molecule has 3 rings (SSSR count). The second kappa shape index (κ2) is 8.35. The summed E-state index contributed by atoms with van der Waals surface area (Å²) in [5.41, 5.74) is 1.79. The van der Waals surface area contributed by atoms with Crippen LogP contribution in [0.4, 0.5) is 0 Å². The minimum absolute atomic E-state index is 0.0109. The minimum Gasteiger partial charge on any atom is -0.354 e. The van der Waals surface area contributed by atoms with Gasteiger partial charge in [0.15, 0.2) is 9.84 Å². The summed E-state index contributed by atoms with van der Waals surface area (Å²) in [6.45, 7) is 2.08. The highest BCUT2D eigenvalue weighted by molar-refractivity contribution is 7.93. The molecule has 1 saturated carbocycles. The van der Waals surface area contributed by atoms with Crippen molar-refractivity contribution in [3.05, 3.63) is 52.9 Å². The maximum atomic E-state index is 13.1. The fraction of sp³-hybridized carbons (Fsp3) is 0.450. The van der Waals surface area contributed by atoms with Gasteiger partial charge in [0.1, 0.15) is 9.46 Å². The summed E-state index contributed by atoms with van der Waals surface area (Å²) in [6.07, 6.45) is 5.14. The van der Waals surface area contributed by atoms with Gasteiger partial charge in [0.2, 0.25) is 5.91 Å². The maximum absolute atomic E-state index is 13.1. The van der Waals surface area contributed by atoms with E-state index in [9.17, 15) is 13.2 Å². The van der Waals surface area contributed by atoms with Gasteiger partial charge >= 0.3 is 0 Å². The number of sulfone groups is 1. The summed E-state index contributed by atoms with van der Waals surface area (Å²) >= 11 is 1.22. The van der Waals surface area contributed by atoms with Gasteiger partial charge in [0, 0.05) is 12.5 Å². The van der Waals surface area contributed by atoms with Crippen molar-refractivity contribution in [3.8, 4) is 0 Å². The van der Waals surface area contributed by atoms with Crippen LogP contribution in [-0.4, -0.2) is 20.9 Å². The molecule has 1 aliphatic rings. The van der Waals surface area contributed by atoms with Gasteiger partial charge < -0.3 is 5.32 Å². The highest BCUT2D eigenvalue weighted by atomic mass is 32.2. The monoisotopic (exact) mass is 391 g/mol. The number of hydrogen-bond donors (Lipinski definition) is 1. The molecule has 0 aliphatic heterocycles. The Morgan fingerprint density at radius 1 is 1.15 bits per heavy atom. The van der Waals surface area contributed by atoms with Crippen LogP contribution in [-0.2, 0) is 14.6 Å². The van der Waals surface area contributed by atoms with Crippen molar-refractivity contribution < 1.29 is 13.2 Å². The molecule has 140 valence electrons. The van der Waals surface area contributed by atoms with E-state index in [1.54, 1.807) is 17.5 Å². The number of aryl methyl sites for hydroxylation is 1. The molecular formula is C20H25NO3S2. The number of hydrogen-bond acceptors (Lipinski definition) is 4. The van der Waals surface area contributed by atoms with E-state index in [2.05, 4.69) is 5.32 Å². The summed E-state index contributed by atoms with van der Waals surface area (Å²) < 4.78 is 26.6. The largest absolute Gasteiger partial charge is 0.354 e. The van der Waals surface area contributed by atoms with Gasteiger partial charge in [-0.2, -0.15) is 0 Å². The van der Waals surface area contributed by atoms with Gasteiger partial charge in [0.05, 0.1) is 0 Å². The molecule has 0 radical (unpaired) electrons. The fourth-order valence-corrected chi connectivity index (χ4v) is 6.32. The fourth-order valence-electron chi connectivity index (χ4n) is 3.46. The van der Waals surface area contributed by atoms with Gasteiger partial charge in [0.25, 0.3) is 0 Å². The molecule has 0 unspecified atom stereocenters. The SMILES string of the molecule is Cc1ccc([C@H](CNC(=O)C2CCCCC2)S(=O)(=O)c2cccs2)cc1. The number of amides is 1. The number of carbonyl (C=O) groups excluding carboxylic acids is 1. The number of carbonyl (C=O) groups is 1. The lowest BCUT2D eigenvalue weighted by Gasteiger charge is -2.23. The van der Waals surface area contributed by atoms with Crippen LogP contribution in [0.25, 0.3) is 0 Å². The third-order valence-electron chi connectivity index (χ3n) is 5.04. The molecule has 1 atom stereocenters. The molecule has 0 bridgehead atoms. The van der Waals surface area contributed by atoms with Crippen LogP contribution in [0.5, 0.6) is 0 Å². The van der Waals surface area contributed by atoms with Gasteiger partial charge in [-0.25, -0.2) is 8.42 Å². The van der Waals surface area contributed by atoms with E-state index in [-0.39, 0.29) is 18.4 Å². The molecule has 1 aromatic carbocycles. The van der Waals surface area contributed by atoms with Crippen LogP contribution < -0.4 is 5.32 Å². The van der Waals surface area contributed by atoms with Crippen molar-refractivity contribution in [2.75, 3.05) is 6.54 Å². The van der Waals surface area contributed by atoms with Crippen molar-refractivity contribution in [3.63, 3.8) is 0 Å². The lowest BCUT2D eigenvalue weighted by atomic mass is 9.88. The second-order valence-electron chi connectivity index (χ2n) is 6.96. The molecule has 1 aromatic heterocycles. The van der Waals surface area contributed by atoms with Crippen LogP contribution in [0.1, 0.15) is 48.5 Å². The Bertz CT molecular complexity index is 820. The Labute approximate surface area is 159 Å². The Morgan fingerprint density at radius 3 is 2.46 bits per heavy atom. The van der Waals surface area contributed by atoms with Crippen LogP contribution in [0, 0.1) is 12.8 Å². The second-order valence-corrected chi connectivity index (χ2v) is 10.3. The summed E-state index contributed by atoms with van der Waals surface area (Å²) in [6, 6.07) is 10.9. The van der Waals surface area contributed by atoms with Crippen molar-refractivity contribution >= 4 is 27.1 Å². The van der Waals surface area contributed by atoms with E-state index < -0.39 is 15.1 Å². The number of thiophene rings is 1. The maximum Gasteiger partial charge on any atom is 0.223 e. The molecule has 2 aromatic rings. The topological polar surface area (TPSA) is 63.2 Å². The van der Waals surface area contributed by atoms with E-state index in [4.69, 9.17) is 0 Å². The molecule has 6 heteroatoms. The zero-order valence-electron chi connectivity index (χ0n) is 15.0.